The molecule has 1 heterocycles. The molecule has 0 saturated carbocycles. The summed E-state index contributed by atoms with van der Waals surface area (Å²) in [6.45, 7) is 12.7. The standard InChI is InChI=1S/C16H24N3.ClHO4/c1-5-18(6-2)15-13-11-9-10-12-14(13)16(17-15)19(7-3)8-4;2-1(3,4)5/h9-12H,5-8H2,1-4H3;(H,2,3,4,5)/q+1;/p-1. The van der Waals surface area contributed by atoms with Crippen molar-refractivity contribution in [3.05, 3.63) is 35.4 Å². The molecule has 0 bridgehead atoms. The molecule has 2 rings (SSSR count). The Hall–Kier alpha value is -1.51. The Balaban J connectivity index is 0.000000505. The lowest BCUT2D eigenvalue weighted by Gasteiger charge is -2.17. The summed E-state index contributed by atoms with van der Waals surface area (Å²) in [7, 11) is -4.94. The second-order valence-corrected chi connectivity index (χ2v) is 5.78. The van der Waals surface area contributed by atoms with E-state index in [1.54, 1.807) is 0 Å². The molecule has 7 nitrogen and oxygen atoms in total. The molecule has 0 atom stereocenters. The van der Waals surface area contributed by atoms with Crippen LogP contribution in [0.4, 0.5) is 0 Å². The monoisotopic (exact) mass is 357 g/mol. The first-order chi connectivity index (χ1) is 11.3. The van der Waals surface area contributed by atoms with Crippen molar-refractivity contribution in [1.82, 2.24) is 4.90 Å². The number of amidine groups is 2. The fraction of sp³-hybridized carbons (Fsp3) is 0.500. The van der Waals surface area contributed by atoms with Crippen LogP contribution in [0, 0.1) is 10.2 Å². The maximum Gasteiger partial charge on any atom is 0.329 e. The van der Waals surface area contributed by atoms with Gasteiger partial charge in [0.15, 0.2) is 0 Å². The van der Waals surface area contributed by atoms with E-state index in [9.17, 15) is 0 Å². The van der Waals surface area contributed by atoms with E-state index in [-0.39, 0.29) is 0 Å². The van der Waals surface area contributed by atoms with E-state index in [0.29, 0.717) is 0 Å². The first-order valence-electron chi connectivity index (χ1n) is 7.93. The normalized spacial score (nSPS) is 13.0. The van der Waals surface area contributed by atoms with Gasteiger partial charge < -0.3 is 4.90 Å². The van der Waals surface area contributed by atoms with Crippen LogP contribution >= 0.6 is 0 Å². The molecule has 0 amide bonds. The molecular formula is C16H24ClN3O4. The summed E-state index contributed by atoms with van der Waals surface area (Å²) in [6.07, 6.45) is 0. The highest BCUT2D eigenvalue weighted by molar-refractivity contribution is 6.20. The van der Waals surface area contributed by atoms with Crippen molar-refractivity contribution in [3.8, 4) is 0 Å². The molecule has 0 N–H and O–H groups in total. The summed E-state index contributed by atoms with van der Waals surface area (Å²) < 4.78 is 36.3. The van der Waals surface area contributed by atoms with E-state index in [1.807, 2.05) is 0 Å². The van der Waals surface area contributed by atoms with Gasteiger partial charge in [-0.25, -0.2) is 18.6 Å². The molecule has 0 aliphatic carbocycles. The van der Waals surface area contributed by atoms with Gasteiger partial charge in [-0.05, 0) is 44.8 Å². The van der Waals surface area contributed by atoms with Crippen molar-refractivity contribution in [2.24, 2.45) is 4.99 Å². The van der Waals surface area contributed by atoms with Crippen molar-refractivity contribution in [2.45, 2.75) is 27.7 Å². The van der Waals surface area contributed by atoms with Crippen LogP contribution in [0.3, 0.4) is 0 Å². The van der Waals surface area contributed by atoms with Crippen molar-refractivity contribution in [3.63, 3.8) is 0 Å². The SMILES string of the molecule is CCN(CC)C1=NC(=[N+](CC)CC)c2ccccc21.[O-][Cl+3]([O-])([O-])[O-]. The van der Waals surface area contributed by atoms with E-state index in [2.05, 4.69) is 61.4 Å². The van der Waals surface area contributed by atoms with E-state index < -0.39 is 10.2 Å². The highest BCUT2D eigenvalue weighted by Gasteiger charge is 2.33. The average molecular weight is 358 g/mol. The topological polar surface area (TPSA) is 111 Å². The predicted octanol–water partition coefficient (Wildman–Crippen LogP) is -2.17. The lowest BCUT2D eigenvalue weighted by atomic mass is 10.1. The van der Waals surface area contributed by atoms with Crippen molar-refractivity contribution < 1.29 is 33.5 Å². The van der Waals surface area contributed by atoms with Gasteiger partial charge in [0.25, 0.3) is 5.84 Å². The molecule has 1 aliphatic heterocycles. The van der Waals surface area contributed by atoms with Gasteiger partial charge in [-0.2, -0.15) is 0 Å². The van der Waals surface area contributed by atoms with Crippen LogP contribution in [-0.2, 0) is 0 Å². The summed E-state index contributed by atoms with van der Waals surface area (Å²) in [4.78, 5) is 7.25. The average Bonchev–Trinajstić information content (AvgIpc) is 2.89. The third-order valence-corrected chi connectivity index (χ3v) is 3.75. The Morgan fingerprint density at radius 1 is 0.917 bits per heavy atom. The van der Waals surface area contributed by atoms with Gasteiger partial charge in [-0.15, -0.1) is 10.2 Å². The molecule has 0 unspecified atom stereocenters. The molecule has 0 radical (unpaired) electrons. The predicted molar refractivity (Wildman–Crippen MR) is 81.4 cm³/mol. The molecule has 0 spiro atoms. The zero-order valence-electron chi connectivity index (χ0n) is 14.5. The van der Waals surface area contributed by atoms with Gasteiger partial charge in [0, 0.05) is 13.1 Å². The quantitative estimate of drug-likeness (QED) is 0.569. The minimum absolute atomic E-state index is 0.995. The summed E-state index contributed by atoms with van der Waals surface area (Å²) in [5.74, 6) is 2.25. The highest BCUT2D eigenvalue weighted by Crippen LogP contribution is 2.21. The summed E-state index contributed by atoms with van der Waals surface area (Å²) in [6, 6.07) is 8.57. The van der Waals surface area contributed by atoms with Crippen LogP contribution in [0.1, 0.15) is 38.8 Å². The smallest absolute Gasteiger partial charge is 0.329 e. The van der Waals surface area contributed by atoms with Crippen LogP contribution in [0.15, 0.2) is 29.3 Å². The molecule has 8 heteroatoms. The summed E-state index contributed by atoms with van der Waals surface area (Å²) in [5, 5.41) is 0. The number of nitrogens with zero attached hydrogens (tertiary/aromatic N) is 3. The molecule has 1 aromatic rings. The fourth-order valence-electron chi connectivity index (χ4n) is 2.62. The molecule has 0 saturated heterocycles. The highest BCUT2D eigenvalue weighted by atomic mass is 35.7. The van der Waals surface area contributed by atoms with Crippen LogP contribution in [0.5, 0.6) is 0 Å². The number of halogens is 1. The van der Waals surface area contributed by atoms with Gasteiger partial charge in [0.1, 0.15) is 0 Å². The zero-order valence-corrected chi connectivity index (χ0v) is 15.2. The Labute approximate surface area is 144 Å². The molecule has 134 valence electrons. The Morgan fingerprint density at radius 2 is 1.38 bits per heavy atom. The van der Waals surface area contributed by atoms with Gasteiger partial charge in [-0.3, -0.25) is 4.58 Å². The van der Waals surface area contributed by atoms with E-state index in [1.165, 1.54) is 11.1 Å². The van der Waals surface area contributed by atoms with Gasteiger partial charge in [0.2, 0.25) is 0 Å². The van der Waals surface area contributed by atoms with Gasteiger partial charge in [-0.1, -0.05) is 12.1 Å². The van der Waals surface area contributed by atoms with Crippen LogP contribution in [0.2, 0.25) is 0 Å². The second-order valence-electron chi connectivity index (χ2n) is 5.03. The number of rotatable bonds is 4. The Kier molecular flexibility index (Phi) is 7.78. The minimum Gasteiger partial charge on any atom is -0.336 e. The van der Waals surface area contributed by atoms with E-state index >= 15 is 0 Å². The van der Waals surface area contributed by atoms with Crippen molar-refractivity contribution in [2.75, 3.05) is 26.2 Å². The maximum absolute atomic E-state index is 8.49. The number of aliphatic imine (C=N–C) groups is 1. The van der Waals surface area contributed by atoms with Gasteiger partial charge in [0.05, 0.1) is 24.2 Å². The van der Waals surface area contributed by atoms with E-state index in [0.717, 1.165) is 37.9 Å². The van der Waals surface area contributed by atoms with E-state index in [4.69, 9.17) is 23.6 Å². The number of benzene rings is 1. The number of fused-ring (bicyclic) bond motifs is 1. The molecule has 0 fully saturated rings. The van der Waals surface area contributed by atoms with Crippen LogP contribution < -0.4 is 18.6 Å². The second kappa shape index (κ2) is 9.10. The largest absolute Gasteiger partial charge is 0.336 e. The molecule has 1 aromatic carbocycles. The van der Waals surface area contributed by atoms with Gasteiger partial charge >= 0.3 is 5.84 Å². The third kappa shape index (κ3) is 5.54. The molecule has 24 heavy (non-hydrogen) atoms. The lowest BCUT2D eigenvalue weighted by molar-refractivity contribution is -2.00. The van der Waals surface area contributed by atoms with Crippen LogP contribution in [-0.4, -0.2) is 47.3 Å². The van der Waals surface area contributed by atoms with Crippen LogP contribution in [0.25, 0.3) is 0 Å². The fourth-order valence-corrected chi connectivity index (χ4v) is 2.62. The number of hydrogen-bond donors (Lipinski definition) is 0. The summed E-state index contributed by atoms with van der Waals surface area (Å²) >= 11 is 0. The molecular weight excluding hydrogens is 334 g/mol. The molecule has 1 aliphatic rings. The lowest BCUT2D eigenvalue weighted by Crippen LogP contribution is -2.68. The first-order valence-corrected chi connectivity index (χ1v) is 9.17. The zero-order chi connectivity index (χ0) is 18.3. The van der Waals surface area contributed by atoms with Crippen molar-refractivity contribution >= 4 is 11.7 Å². The first kappa shape index (κ1) is 20.5. The molecule has 0 aromatic heterocycles. The summed E-state index contributed by atoms with van der Waals surface area (Å²) in [5.41, 5.74) is 2.54. The van der Waals surface area contributed by atoms with Crippen molar-refractivity contribution in [1.29, 1.82) is 0 Å². The Bertz CT molecular complexity index is 596. The third-order valence-electron chi connectivity index (χ3n) is 3.75. The minimum atomic E-state index is -4.94. The number of hydrogen-bond acceptors (Lipinski definition) is 5. The Morgan fingerprint density at radius 3 is 1.79 bits per heavy atom. The maximum atomic E-state index is 8.49.